The largest absolute Gasteiger partial charge is 0.483 e. The predicted octanol–water partition coefficient (Wildman–Crippen LogP) is 8.28. The first-order valence-electron chi connectivity index (χ1n) is 19.6. The van der Waals surface area contributed by atoms with Gasteiger partial charge in [-0.15, -0.1) is 13.2 Å². The number of ketones is 1. The number of hydrogen-bond donors (Lipinski definition) is 2. The van der Waals surface area contributed by atoms with E-state index in [9.17, 15) is 13.6 Å². The number of piperidine rings is 1. The number of halogens is 2. The standard InChI is InChI=1S/C29H42N2O2.C6H10B2F2S.C3H8.C2H4.CH2O2/c1-3-20-18-25-21(4-5-24-23(25)8-11-29(2)26(24)6-7-28(29)32)19-27(20)31-12-9-22(10-13-31)30-14-16-33-17-15-30;1-5(7,9)6(8,10)3-2-4-11;1-3-2;1-2;2-1-3/h18-19,22-24,26H,3-17H2,1-2H3;11H,2-4H2,1H3;3H2,1-2H3;1-2H2;1H,(H,2,3). The Morgan fingerprint density at radius 1 is 1.04 bits per heavy atom. The van der Waals surface area contributed by atoms with Gasteiger partial charge in [-0.25, -0.2) is 0 Å². The number of fused-ring (bicyclic) bond motifs is 5. The van der Waals surface area contributed by atoms with Gasteiger partial charge >= 0.3 is 0 Å². The highest BCUT2D eigenvalue weighted by Crippen LogP contribution is 2.59. The molecule has 6 nitrogen and oxygen atoms in total. The van der Waals surface area contributed by atoms with E-state index >= 15 is 0 Å². The first-order valence-corrected chi connectivity index (χ1v) is 20.3. The molecule has 2 aliphatic heterocycles. The van der Waals surface area contributed by atoms with E-state index in [2.05, 4.69) is 75.4 Å². The third-order valence-corrected chi connectivity index (χ3v) is 12.2. The molecule has 1 N–H and O–H groups in total. The second kappa shape index (κ2) is 21.9. The summed E-state index contributed by atoms with van der Waals surface area (Å²) in [7, 11) is 9.84. The number of carboxylic acid groups (broad SMARTS) is 1. The SMILES string of the molecule is C=C.CCC.CCc1cc2c(cc1N1CCC(N3CCOCC3)CC1)CCC1C2CCC2(C)C(=O)CCC12.O=CO.[B]C(C)(F)C([B])(F)CCCS. The lowest BCUT2D eigenvalue weighted by atomic mass is 9.55. The molecule has 2 saturated heterocycles. The maximum absolute atomic E-state index is 13.0. The van der Waals surface area contributed by atoms with E-state index in [-0.39, 0.29) is 18.3 Å². The highest BCUT2D eigenvalue weighted by Gasteiger charge is 2.54. The van der Waals surface area contributed by atoms with Crippen LogP contribution in [0.1, 0.15) is 121 Å². The van der Waals surface area contributed by atoms with Crippen LogP contribution < -0.4 is 4.90 Å². The van der Waals surface area contributed by atoms with Crippen LogP contribution in [-0.4, -0.2) is 100 Å². The van der Waals surface area contributed by atoms with Crippen molar-refractivity contribution in [3.8, 4) is 0 Å². The van der Waals surface area contributed by atoms with Crippen LogP contribution in [0.4, 0.5) is 14.5 Å². The van der Waals surface area contributed by atoms with E-state index in [0.29, 0.717) is 29.8 Å². The third-order valence-electron chi connectivity index (χ3n) is 11.9. The lowest BCUT2D eigenvalue weighted by molar-refractivity contribution is -0.129. The van der Waals surface area contributed by atoms with E-state index in [0.717, 1.165) is 70.9 Å². The molecule has 0 spiro atoms. The van der Waals surface area contributed by atoms with Crippen LogP contribution in [0.15, 0.2) is 25.3 Å². The summed E-state index contributed by atoms with van der Waals surface area (Å²) in [6, 6.07) is 5.93. The topological polar surface area (TPSA) is 70.1 Å². The van der Waals surface area contributed by atoms with E-state index in [1.807, 2.05) is 0 Å². The highest BCUT2D eigenvalue weighted by molar-refractivity contribution is 7.80. The maximum atomic E-state index is 13.0. The number of benzene rings is 1. The van der Waals surface area contributed by atoms with E-state index in [4.69, 9.17) is 30.3 Å². The number of rotatable bonds is 7. The Labute approximate surface area is 322 Å². The maximum Gasteiger partial charge on any atom is 0.290 e. The minimum absolute atomic E-state index is 0.0168. The van der Waals surface area contributed by atoms with E-state index in [1.165, 1.54) is 57.3 Å². The smallest absolute Gasteiger partial charge is 0.290 e. The molecule has 5 aliphatic rings. The zero-order valence-corrected chi connectivity index (χ0v) is 33.7. The molecule has 4 radical (unpaired) electrons. The van der Waals surface area contributed by atoms with Crippen LogP contribution >= 0.6 is 12.6 Å². The average molecular weight is 743 g/mol. The lowest BCUT2D eigenvalue weighted by Crippen LogP contribution is -2.49. The molecule has 2 saturated carbocycles. The Morgan fingerprint density at radius 3 is 2.17 bits per heavy atom. The van der Waals surface area contributed by atoms with Crippen molar-refractivity contribution < 1.29 is 28.2 Å². The van der Waals surface area contributed by atoms with Gasteiger partial charge in [0, 0.05) is 49.7 Å². The predicted molar refractivity (Wildman–Crippen MR) is 217 cm³/mol. The summed E-state index contributed by atoms with van der Waals surface area (Å²) in [5.41, 5.74) is 1.40. The van der Waals surface area contributed by atoms with Crippen molar-refractivity contribution in [2.75, 3.05) is 50.0 Å². The first-order chi connectivity index (χ1) is 24.7. The van der Waals surface area contributed by atoms with Crippen molar-refractivity contribution >= 4 is 46.3 Å². The number of carbonyl (C=O) groups is 2. The number of morpholine rings is 1. The number of anilines is 1. The number of aryl methyl sites for hydroxylation is 2. The minimum Gasteiger partial charge on any atom is -0.483 e. The van der Waals surface area contributed by atoms with Gasteiger partial charge < -0.3 is 14.7 Å². The van der Waals surface area contributed by atoms with Gasteiger partial charge in [-0.3, -0.25) is 23.3 Å². The van der Waals surface area contributed by atoms with Crippen LogP contribution in [0.5, 0.6) is 0 Å². The molecule has 52 heavy (non-hydrogen) atoms. The molecule has 11 heteroatoms. The number of alkyl halides is 2. The molecular weight excluding hydrogens is 676 g/mol. The number of nitrogens with zero attached hydrogens (tertiary/aromatic N) is 2. The zero-order chi connectivity index (χ0) is 39.1. The van der Waals surface area contributed by atoms with Crippen molar-refractivity contribution in [1.29, 1.82) is 0 Å². The summed E-state index contributed by atoms with van der Waals surface area (Å²) in [4.78, 5) is 26.4. The van der Waals surface area contributed by atoms with Gasteiger partial charge in [-0.05, 0) is 117 Å². The Balaban J connectivity index is 0.000000414. The fourth-order valence-electron chi connectivity index (χ4n) is 9.00. The van der Waals surface area contributed by atoms with Gasteiger partial charge in [0.1, 0.15) is 21.5 Å². The highest BCUT2D eigenvalue weighted by atomic mass is 32.1. The molecule has 0 aromatic heterocycles. The fourth-order valence-corrected chi connectivity index (χ4v) is 9.16. The molecule has 4 fully saturated rings. The summed E-state index contributed by atoms with van der Waals surface area (Å²) >= 11 is 3.84. The van der Waals surface area contributed by atoms with Crippen LogP contribution in [0.25, 0.3) is 0 Å². The Hall–Kier alpha value is -1.84. The van der Waals surface area contributed by atoms with Gasteiger partial charge in [0.25, 0.3) is 6.47 Å². The second-order valence-electron chi connectivity index (χ2n) is 15.3. The van der Waals surface area contributed by atoms with Gasteiger partial charge in [0.2, 0.25) is 0 Å². The summed E-state index contributed by atoms with van der Waals surface area (Å²) in [5, 5.41) is 6.89. The number of thiol groups is 1. The molecule has 1 aromatic carbocycles. The molecule has 290 valence electrons. The van der Waals surface area contributed by atoms with Crippen molar-refractivity contribution in [2.24, 2.45) is 17.3 Å². The van der Waals surface area contributed by atoms with Gasteiger partial charge in [-0.1, -0.05) is 40.2 Å². The molecule has 1 aromatic rings. The molecule has 2 heterocycles. The molecule has 6 rings (SSSR count). The third kappa shape index (κ3) is 11.6. The lowest BCUT2D eigenvalue weighted by Gasteiger charge is -2.48. The van der Waals surface area contributed by atoms with Crippen molar-refractivity contribution in [1.82, 2.24) is 4.90 Å². The van der Waals surface area contributed by atoms with Crippen molar-refractivity contribution in [3.05, 3.63) is 42.0 Å². The van der Waals surface area contributed by atoms with Crippen LogP contribution in [-0.2, 0) is 27.2 Å². The average Bonchev–Trinajstić information content (AvgIpc) is 3.45. The quantitative estimate of drug-likeness (QED) is 0.127. The zero-order valence-electron chi connectivity index (χ0n) is 32.8. The molecular formula is C41H66B2F2N2O4S. The molecule has 6 atom stereocenters. The van der Waals surface area contributed by atoms with Gasteiger partial charge in [0.15, 0.2) is 0 Å². The first kappa shape index (κ1) is 46.3. The Bertz CT molecular complexity index is 1240. The van der Waals surface area contributed by atoms with E-state index in [1.54, 1.807) is 16.7 Å². The molecule has 0 amide bonds. The minimum atomic E-state index is -2.48. The van der Waals surface area contributed by atoms with Crippen molar-refractivity contribution in [3.63, 3.8) is 0 Å². The van der Waals surface area contributed by atoms with Gasteiger partial charge in [-0.2, -0.15) is 12.6 Å². The number of ether oxygens (including phenoxy) is 1. The van der Waals surface area contributed by atoms with Crippen molar-refractivity contribution in [2.45, 2.75) is 135 Å². The molecule has 3 aliphatic carbocycles. The van der Waals surface area contributed by atoms with Crippen LogP contribution in [0.2, 0.25) is 0 Å². The summed E-state index contributed by atoms with van der Waals surface area (Å²) in [5.74, 6) is 3.06. The number of hydrogen-bond acceptors (Lipinski definition) is 6. The Morgan fingerprint density at radius 2 is 1.63 bits per heavy atom. The van der Waals surface area contributed by atoms with Crippen LogP contribution in [0, 0.1) is 17.3 Å². The van der Waals surface area contributed by atoms with Gasteiger partial charge in [0.05, 0.1) is 24.3 Å². The molecule has 0 bridgehead atoms. The number of Topliss-reactive ketones (excluding diaryl/α,β-unsaturated/α-hetero) is 1. The number of carbonyl (C=O) groups excluding carboxylic acids is 1. The Kier molecular flexibility index (Phi) is 19.5. The summed E-state index contributed by atoms with van der Waals surface area (Å²) in [6.45, 7) is 21.9. The monoisotopic (exact) mass is 742 g/mol. The van der Waals surface area contributed by atoms with E-state index < -0.39 is 11.1 Å². The summed E-state index contributed by atoms with van der Waals surface area (Å²) < 4.78 is 31.3. The second-order valence-corrected chi connectivity index (χ2v) is 15.8. The molecule has 6 unspecified atom stereocenters. The summed E-state index contributed by atoms with van der Waals surface area (Å²) in [6.07, 6.45) is 12.0. The fraction of sp³-hybridized carbons (Fsp3) is 0.756. The normalized spacial score (nSPS) is 27.7. The van der Waals surface area contributed by atoms with Crippen LogP contribution in [0.3, 0.4) is 0 Å².